The average molecular weight is 299 g/mol. The summed E-state index contributed by atoms with van der Waals surface area (Å²) in [5.74, 6) is 0.333. The van der Waals surface area contributed by atoms with Crippen LogP contribution in [0.5, 0.6) is 5.75 Å². The molecule has 1 rings (SSSR count). The van der Waals surface area contributed by atoms with Crippen molar-refractivity contribution < 1.29 is 12.6 Å². The van der Waals surface area contributed by atoms with Crippen molar-refractivity contribution in [3.8, 4) is 5.75 Å². The number of hydrogen-bond donors (Lipinski definition) is 1. The molecule has 0 fully saturated rings. The van der Waals surface area contributed by atoms with Crippen LogP contribution in [0.2, 0.25) is 0 Å². The van der Waals surface area contributed by atoms with Gasteiger partial charge in [0, 0.05) is 6.54 Å². The quantitative estimate of drug-likeness (QED) is 0.635. The third kappa shape index (κ3) is 8.17. The first-order valence-corrected chi connectivity index (χ1v) is 8.79. The van der Waals surface area contributed by atoms with Crippen LogP contribution in [0.3, 0.4) is 0 Å². The maximum atomic E-state index is 11.6. The van der Waals surface area contributed by atoms with Crippen molar-refractivity contribution in [1.29, 1.82) is 0 Å². The monoisotopic (exact) mass is 299 g/mol. The first-order valence-electron chi connectivity index (χ1n) is 7.38. The van der Waals surface area contributed by atoms with Gasteiger partial charge >= 0.3 is 10.3 Å². The van der Waals surface area contributed by atoms with Gasteiger partial charge in [-0.2, -0.15) is 13.1 Å². The summed E-state index contributed by atoms with van der Waals surface area (Å²) in [4.78, 5) is 0. The molecule has 0 aliphatic heterocycles. The lowest BCUT2D eigenvalue weighted by atomic mass is 10.1. The summed E-state index contributed by atoms with van der Waals surface area (Å²) in [5.41, 5.74) is 0. The first kappa shape index (κ1) is 17.0. The number of rotatable bonds is 11. The average Bonchev–Trinajstić information content (AvgIpc) is 2.42. The first-order chi connectivity index (χ1) is 9.64. The molecule has 0 bridgehead atoms. The summed E-state index contributed by atoms with van der Waals surface area (Å²) in [6, 6.07) is 8.52. The van der Waals surface area contributed by atoms with Crippen molar-refractivity contribution >= 4 is 10.3 Å². The van der Waals surface area contributed by atoms with E-state index in [1.807, 2.05) is 6.07 Å². The molecular weight excluding hydrogens is 274 g/mol. The van der Waals surface area contributed by atoms with Crippen molar-refractivity contribution in [2.45, 2.75) is 51.9 Å². The largest absolute Gasteiger partial charge is 0.382 e. The van der Waals surface area contributed by atoms with Crippen molar-refractivity contribution in [2.24, 2.45) is 0 Å². The highest BCUT2D eigenvalue weighted by Crippen LogP contribution is 2.11. The fourth-order valence-electron chi connectivity index (χ4n) is 1.91. The number of unbranched alkanes of at least 4 members (excludes halogenated alkanes) is 6. The molecule has 0 heterocycles. The standard InChI is InChI=1S/C15H25NO3S/c1-2-3-4-5-6-7-11-14-16-20(17,18)19-15-12-9-8-10-13-15/h8-10,12-13,16H,2-7,11,14H2,1H3. The molecule has 0 aliphatic rings. The molecule has 0 unspecified atom stereocenters. The summed E-state index contributed by atoms with van der Waals surface area (Å²) in [6.45, 7) is 2.63. The summed E-state index contributed by atoms with van der Waals surface area (Å²) in [7, 11) is -3.69. The van der Waals surface area contributed by atoms with Crippen molar-refractivity contribution in [2.75, 3.05) is 6.54 Å². The number of nitrogens with one attached hydrogen (secondary N) is 1. The van der Waals surface area contributed by atoms with Gasteiger partial charge in [-0.3, -0.25) is 0 Å². The number of hydrogen-bond acceptors (Lipinski definition) is 3. The molecule has 1 aromatic rings. The second-order valence-corrected chi connectivity index (χ2v) is 6.23. The lowest BCUT2D eigenvalue weighted by Gasteiger charge is -2.07. The van der Waals surface area contributed by atoms with Gasteiger partial charge in [0.25, 0.3) is 0 Å². The zero-order valence-electron chi connectivity index (χ0n) is 12.2. The van der Waals surface area contributed by atoms with Crippen LogP contribution in [-0.2, 0) is 10.3 Å². The van der Waals surface area contributed by atoms with E-state index < -0.39 is 10.3 Å². The van der Waals surface area contributed by atoms with Gasteiger partial charge in [0.15, 0.2) is 0 Å². The van der Waals surface area contributed by atoms with Gasteiger partial charge in [0.05, 0.1) is 0 Å². The molecule has 1 aromatic carbocycles. The minimum atomic E-state index is -3.69. The van der Waals surface area contributed by atoms with Gasteiger partial charge in [0.1, 0.15) is 5.75 Å². The maximum absolute atomic E-state index is 11.6. The molecule has 114 valence electrons. The Labute approximate surface area is 122 Å². The van der Waals surface area contributed by atoms with Crippen LogP contribution < -0.4 is 8.91 Å². The van der Waals surface area contributed by atoms with Crippen LogP contribution in [0.25, 0.3) is 0 Å². The Balaban J connectivity index is 2.11. The van der Waals surface area contributed by atoms with Gasteiger partial charge in [-0.05, 0) is 18.6 Å². The van der Waals surface area contributed by atoms with Gasteiger partial charge in [-0.15, -0.1) is 0 Å². The predicted octanol–water partition coefficient (Wildman–Crippen LogP) is 3.65. The van der Waals surface area contributed by atoms with Gasteiger partial charge in [-0.1, -0.05) is 63.6 Å². The smallest absolute Gasteiger partial charge is 0.371 e. The van der Waals surface area contributed by atoms with E-state index in [0.717, 1.165) is 12.8 Å². The summed E-state index contributed by atoms with van der Waals surface area (Å²) in [5, 5.41) is 0. The molecule has 0 aromatic heterocycles. The fraction of sp³-hybridized carbons (Fsp3) is 0.600. The summed E-state index contributed by atoms with van der Waals surface area (Å²) < 4.78 is 30.7. The summed E-state index contributed by atoms with van der Waals surface area (Å²) in [6.07, 6.45) is 8.12. The topological polar surface area (TPSA) is 55.4 Å². The third-order valence-corrected chi connectivity index (χ3v) is 3.98. The van der Waals surface area contributed by atoms with Crippen molar-refractivity contribution in [3.63, 3.8) is 0 Å². The molecule has 20 heavy (non-hydrogen) atoms. The highest BCUT2D eigenvalue weighted by atomic mass is 32.2. The van der Waals surface area contributed by atoms with E-state index in [1.54, 1.807) is 24.3 Å². The Kier molecular flexibility index (Phi) is 8.30. The molecule has 0 saturated heterocycles. The fourth-order valence-corrected chi connectivity index (χ4v) is 2.73. The third-order valence-electron chi connectivity index (χ3n) is 3.01. The Hall–Kier alpha value is -1.07. The van der Waals surface area contributed by atoms with E-state index in [9.17, 15) is 8.42 Å². The predicted molar refractivity (Wildman–Crippen MR) is 82.0 cm³/mol. The molecule has 0 saturated carbocycles. The van der Waals surface area contributed by atoms with E-state index in [2.05, 4.69) is 11.6 Å². The minimum absolute atomic E-state index is 0.333. The van der Waals surface area contributed by atoms with E-state index in [-0.39, 0.29) is 0 Å². The zero-order valence-corrected chi connectivity index (χ0v) is 13.0. The van der Waals surface area contributed by atoms with Gasteiger partial charge < -0.3 is 4.18 Å². The van der Waals surface area contributed by atoms with Crippen LogP contribution in [0.4, 0.5) is 0 Å². The highest BCUT2D eigenvalue weighted by molar-refractivity contribution is 7.85. The zero-order chi connectivity index (χ0) is 14.7. The van der Waals surface area contributed by atoms with E-state index in [1.165, 1.54) is 32.1 Å². The SMILES string of the molecule is CCCCCCCCCNS(=O)(=O)Oc1ccccc1. The number of para-hydroxylation sites is 1. The Morgan fingerprint density at radius 3 is 2.20 bits per heavy atom. The maximum Gasteiger partial charge on any atom is 0.382 e. The van der Waals surface area contributed by atoms with Crippen molar-refractivity contribution in [3.05, 3.63) is 30.3 Å². The Morgan fingerprint density at radius 1 is 0.950 bits per heavy atom. The van der Waals surface area contributed by atoms with E-state index in [4.69, 9.17) is 4.18 Å². The van der Waals surface area contributed by atoms with Crippen molar-refractivity contribution in [1.82, 2.24) is 4.72 Å². The van der Waals surface area contributed by atoms with Crippen LogP contribution >= 0.6 is 0 Å². The normalized spacial score (nSPS) is 11.4. The molecule has 0 spiro atoms. The van der Waals surface area contributed by atoms with E-state index >= 15 is 0 Å². The lowest BCUT2D eigenvalue weighted by Crippen LogP contribution is -2.29. The molecule has 4 nitrogen and oxygen atoms in total. The summed E-state index contributed by atoms with van der Waals surface area (Å²) >= 11 is 0. The van der Waals surface area contributed by atoms with E-state index in [0.29, 0.717) is 12.3 Å². The van der Waals surface area contributed by atoms with Crippen LogP contribution in [0, 0.1) is 0 Å². The second kappa shape index (κ2) is 9.77. The van der Waals surface area contributed by atoms with Gasteiger partial charge in [0.2, 0.25) is 0 Å². The molecule has 0 atom stereocenters. The minimum Gasteiger partial charge on any atom is -0.371 e. The molecule has 5 heteroatoms. The molecule has 0 aliphatic carbocycles. The number of benzene rings is 1. The molecule has 0 amide bonds. The van der Waals surface area contributed by atoms with Crippen LogP contribution in [0.1, 0.15) is 51.9 Å². The molecule has 1 N–H and O–H groups in total. The van der Waals surface area contributed by atoms with Crippen LogP contribution in [0.15, 0.2) is 30.3 Å². The van der Waals surface area contributed by atoms with Gasteiger partial charge in [-0.25, -0.2) is 0 Å². The highest BCUT2D eigenvalue weighted by Gasteiger charge is 2.10. The Bertz CT molecular complexity index is 445. The lowest BCUT2D eigenvalue weighted by molar-refractivity contribution is 0.468. The second-order valence-electron chi connectivity index (χ2n) is 4.87. The Morgan fingerprint density at radius 2 is 1.55 bits per heavy atom. The molecule has 0 radical (unpaired) electrons. The molecular formula is C15H25NO3S. The van der Waals surface area contributed by atoms with Crippen LogP contribution in [-0.4, -0.2) is 15.0 Å².